The fourth-order valence-electron chi connectivity index (χ4n) is 8.85. The van der Waals surface area contributed by atoms with Crippen molar-refractivity contribution in [3.63, 3.8) is 0 Å². The van der Waals surface area contributed by atoms with Crippen molar-refractivity contribution in [3.8, 4) is 0 Å². The molecule has 1 atom stereocenters. The van der Waals surface area contributed by atoms with Crippen LogP contribution >= 0.6 is 0 Å². The minimum atomic E-state index is -0.786. The normalized spacial score (nSPS) is 12.3. The number of allylic oxidation sites excluding steroid dienone is 8. The van der Waals surface area contributed by atoms with Gasteiger partial charge in [-0.25, -0.2) is 0 Å². The molecular formula is C63H114O6. The fraction of sp³-hybridized carbons (Fsp3) is 0.825. The Morgan fingerprint density at radius 3 is 0.884 bits per heavy atom. The minimum absolute atomic E-state index is 0.0815. The van der Waals surface area contributed by atoms with E-state index in [9.17, 15) is 14.4 Å². The van der Waals surface area contributed by atoms with Gasteiger partial charge in [-0.05, 0) is 57.8 Å². The Morgan fingerprint density at radius 1 is 0.304 bits per heavy atom. The van der Waals surface area contributed by atoms with Gasteiger partial charge in [0.1, 0.15) is 13.2 Å². The van der Waals surface area contributed by atoms with Crippen LogP contribution in [0.1, 0.15) is 316 Å². The van der Waals surface area contributed by atoms with Crippen LogP contribution in [-0.2, 0) is 28.6 Å². The van der Waals surface area contributed by atoms with Crippen molar-refractivity contribution in [3.05, 3.63) is 48.6 Å². The molecule has 0 aliphatic carbocycles. The maximum atomic E-state index is 12.9. The Labute approximate surface area is 428 Å². The van der Waals surface area contributed by atoms with Crippen LogP contribution in [0.4, 0.5) is 0 Å². The summed E-state index contributed by atoms with van der Waals surface area (Å²) in [5.41, 5.74) is 0. The fourth-order valence-corrected chi connectivity index (χ4v) is 8.85. The third-order valence-corrected chi connectivity index (χ3v) is 13.3. The Morgan fingerprint density at radius 2 is 0.565 bits per heavy atom. The van der Waals surface area contributed by atoms with Crippen LogP contribution in [0.15, 0.2) is 48.6 Å². The molecule has 0 aliphatic rings. The van der Waals surface area contributed by atoms with Gasteiger partial charge in [-0.2, -0.15) is 0 Å². The number of rotatable bonds is 55. The zero-order valence-corrected chi connectivity index (χ0v) is 46.1. The summed E-state index contributed by atoms with van der Waals surface area (Å²) >= 11 is 0. The SMILES string of the molecule is CC/C=C\C/C=C\C/C=C\C/C=C\CCCCC(=O)OCC(COC(=O)CCCCCCCCCCCCCCCCCCCCCC)OC(=O)CCCCCCCCCCCCCCCCCC. The number of unbranched alkanes of at least 4 members (excludes halogenated alkanes) is 36. The van der Waals surface area contributed by atoms with E-state index in [1.807, 2.05) is 0 Å². The molecule has 6 nitrogen and oxygen atoms in total. The highest BCUT2D eigenvalue weighted by atomic mass is 16.6. The Balaban J connectivity index is 4.35. The molecule has 0 aromatic carbocycles. The molecule has 0 fully saturated rings. The average molecular weight is 968 g/mol. The van der Waals surface area contributed by atoms with E-state index in [1.165, 1.54) is 193 Å². The second kappa shape index (κ2) is 57.9. The first-order valence-electron chi connectivity index (χ1n) is 30.1. The van der Waals surface area contributed by atoms with Crippen LogP contribution in [0.5, 0.6) is 0 Å². The number of hydrogen-bond donors (Lipinski definition) is 0. The van der Waals surface area contributed by atoms with Gasteiger partial charge in [-0.15, -0.1) is 0 Å². The van der Waals surface area contributed by atoms with Gasteiger partial charge in [0.25, 0.3) is 0 Å². The number of carbonyl (C=O) groups excluding carboxylic acids is 3. The standard InChI is InChI=1S/C63H114O6/c1-4-7-10-13-16-19-22-25-28-30-31-32-33-36-38-41-44-47-50-53-56-62(65)68-59-60(58-67-61(64)55-52-49-46-43-40-37-34-27-24-21-18-15-12-9-6-3)69-63(66)57-54-51-48-45-42-39-35-29-26-23-20-17-14-11-8-5-2/h9,12,18,21,27,34,40,43,60H,4-8,10-11,13-17,19-20,22-26,28-33,35-39,41-42,44-59H2,1-3H3/b12-9-,21-18-,34-27-,43-40-. The van der Waals surface area contributed by atoms with E-state index in [0.717, 1.165) is 83.5 Å². The molecule has 0 spiro atoms. The molecule has 0 saturated carbocycles. The van der Waals surface area contributed by atoms with Crippen LogP contribution in [0, 0.1) is 0 Å². The molecule has 402 valence electrons. The zero-order chi connectivity index (χ0) is 50.0. The van der Waals surface area contributed by atoms with Crippen LogP contribution in [-0.4, -0.2) is 37.2 Å². The molecule has 0 amide bonds. The highest BCUT2D eigenvalue weighted by Gasteiger charge is 2.19. The van der Waals surface area contributed by atoms with E-state index in [2.05, 4.69) is 69.4 Å². The van der Waals surface area contributed by atoms with Gasteiger partial charge in [0.05, 0.1) is 0 Å². The lowest BCUT2D eigenvalue weighted by molar-refractivity contribution is -0.167. The molecule has 0 heterocycles. The molecule has 0 aromatic rings. The summed E-state index contributed by atoms with van der Waals surface area (Å²) < 4.78 is 16.9. The number of carbonyl (C=O) groups is 3. The largest absolute Gasteiger partial charge is 0.462 e. The average Bonchev–Trinajstić information content (AvgIpc) is 3.35. The quantitative estimate of drug-likeness (QED) is 0.0262. The molecule has 0 bridgehead atoms. The summed E-state index contributed by atoms with van der Waals surface area (Å²) in [5, 5.41) is 0. The van der Waals surface area contributed by atoms with E-state index in [1.54, 1.807) is 0 Å². The number of hydrogen-bond acceptors (Lipinski definition) is 6. The number of ether oxygens (including phenoxy) is 3. The summed E-state index contributed by atoms with van der Waals surface area (Å²) in [5.74, 6) is -0.905. The molecule has 69 heavy (non-hydrogen) atoms. The van der Waals surface area contributed by atoms with Crippen LogP contribution in [0.2, 0.25) is 0 Å². The predicted molar refractivity (Wildman–Crippen MR) is 298 cm³/mol. The monoisotopic (exact) mass is 967 g/mol. The van der Waals surface area contributed by atoms with Crippen molar-refractivity contribution in [2.75, 3.05) is 13.2 Å². The third kappa shape index (κ3) is 56.2. The topological polar surface area (TPSA) is 78.9 Å². The van der Waals surface area contributed by atoms with Gasteiger partial charge < -0.3 is 14.2 Å². The van der Waals surface area contributed by atoms with Crippen LogP contribution in [0.25, 0.3) is 0 Å². The van der Waals surface area contributed by atoms with Gasteiger partial charge in [0.15, 0.2) is 6.10 Å². The second-order valence-electron chi connectivity index (χ2n) is 20.2. The van der Waals surface area contributed by atoms with Crippen molar-refractivity contribution >= 4 is 17.9 Å². The summed E-state index contributed by atoms with van der Waals surface area (Å²) in [6, 6.07) is 0. The van der Waals surface area contributed by atoms with Gasteiger partial charge in [-0.3, -0.25) is 14.4 Å². The highest BCUT2D eigenvalue weighted by Crippen LogP contribution is 2.17. The summed E-state index contributed by atoms with van der Waals surface area (Å²) in [6.07, 6.45) is 71.1. The van der Waals surface area contributed by atoms with E-state index >= 15 is 0 Å². The minimum Gasteiger partial charge on any atom is -0.462 e. The lowest BCUT2D eigenvalue weighted by Crippen LogP contribution is -2.30. The van der Waals surface area contributed by atoms with E-state index in [4.69, 9.17) is 14.2 Å². The summed E-state index contributed by atoms with van der Waals surface area (Å²) in [7, 11) is 0. The van der Waals surface area contributed by atoms with E-state index in [-0.39, 0.29) is 31.1 Å². The van der Waals surface area contributed by atoms with E-state index < -0.39 is 6.10 Å². The molecule has 0 aromatic heterocycles. The smallest absolute Gasteiger partial charge is 0.306 e. The van der Waals surface area contributed by atoms with Crippen molar-refractivity contribution in [1.82, 2.24) is 0 Å². The van der Waals surface area contributed by atoms with Crippen molar-refractivity contribution < 1.29 is 28.6 Å². The van der Waals surface area contributed by atoms with E-state index in [0.29, 0.717) is 19.3 Å². The van der Waals surface area contributed by atoms with Crippen molar-refractivity contribution in [1.29, 1.82) is 0 Å². The second-order valence-corrected chi connectivity index (χ2v) is 20.2. The first-order chi connectivity index (χ1) is 34.0. The molecule has 0 radical (unpaired) electrons. The van der Waals surface area contributed by atoms with Gasteiger partial charge in [0.2, 0.25) is 0 Å². The highest BCUT2D eigenvalue weighted by molar-refractivity contribution is 5.71. The molecule has 1 unspecified atom stereocenters. The van der Waals surface area contributed by atoms with Crippen molar-refractivity contribution in [2.45, 2.75) is 322 Å². The molecule has 0 N–H and O–H groups in total. The molecular weight excluding hydrogens is 853 g/mol. The molecule has 6 heteroatoms. The maximum absolute atomic E-state index is 12.9. The Bertz CT molecular complexity index is 1200. The number of esters is 3. The Kier molecular flexibility index (Phi) is 55.7. The first kappa shape index (κ1) is 66.4. The summed E-state index contributed by atoms with van der Waals surface area (Å²) in [4.78, 5) is 38.2. The lowest BCUT2D eigenvalue weighted by Gasteiger charge is -2.18. The molecule has 0 saturated heterocycles. The zero-order valence-electron chi connectivity index (χ0n) is 46.1. The van der Waals surface area contributed by atoms with Crippen LogP contribution < -0.4 is 0 Å². The van der Waals surface area contributed by atoms with Gasteiger partial charge >= 0.3 is 17.9 Å². The molecule has 0 aliphatic heterocycles. The van der Waals surface area contributed by atoms with Gasteiger partial charge in [0, 0.05) is 19.3 Å². The summed E-state index contributed by atoms with van der Waals surface area (Å²) in [6.45, 7) is 6.54. The van der Waals surface area contributed by atoms with Crippen LogP contribution in [0.3, 0.4) is 0 Å². The Hall–Kier alpha value is -2.63. The predicted octanol–water partition coefficient (Wildman–Crippen LogP) is 20.2. The first-order valence-corrected chi connectivity index (χ1v) is 30.1. The third-order valence-electron chi connectivity index (χ3n) is 13.3. The van der Waals surface area contributed by atoms with Gasteiger partial charge in [-0.1, -0.05) is 288 Å². The van der Waals surface area contributed by atoms with Crippen molar-refractivity contribution in [2.24, 2.45) is 0 Å². The lowest BCUT2D eigenvalue weighted by atomic mass is 10.0. The molecule has 0 rings (SSSR count). The maximum Gasteiger partial charge on any atom is 0.306 e.